The van der Waals surface area contributed by atoms with Gasteiger partial charge in [0.15, 0.2) is 0 Å². The molecule has 1 aromatic rings. The van der Waals surface area contributed by atoms with Gasteiger partial charge in [0.2, 0.25) is 0 Å². The molecule has 1 aromatic carbocycles. The lowest BCUT2D eigenvalue weighted by Crippen LogP contribution is -2.49. The van der Waals surface area contributed by atoms with Crippen molar-refractivity contribution in [3.05, 3.63) is 29.3 Å². The molecule has 1 aliphatic carbocycles. The minimum Gasteiger partial charge on any atom is -0.497 e. The Morgan fingerprint density at radius 3 is 2.90 bits per heavy atom. The molecule has 2 N–H and O–H groups in total. The van der Waals surface area contributed by atoms with Crippen LogP contribution in [0.15, 0.2) is 18.2 Å². The van der Waals surface area contributed by atoms with E-state index in [4.69, 9.17) is 10.5 Å². The van der Waals surface area contributed by atoms with Gasteiger partial charge in [0.05, 0.1) is 7.11 Å². The van der Waals surface area contributed by atoms with Crippen LogP contribution in [0.1, 0.15) is 43.4 Å². The average Bonchev–Trinajstić information content (AvgIpc) is 2.47. The molecular weight excluding hydrogens is 248 g/mol. The number of methoxy groups -OCH3 is 1. The molecule has 0 radical (unpaired) electrons. The lowest BCUT2D eigenvalue weighted by molar-refractivity contribution is 0.102. The zero-order valence-electron chi connectivity index (χ0n) is 12.6. The van der Waals surface area contributed by atoms with E-state index in [1.807, 2.05) is 0 Å². The van der Waals surface area contributed by atoms with Gasteiger partial charge in [-0.05, 0) is 61.4 Å². The Hall–Kier alpha value is -1.06. The standard InChI is InChI=1S/C17H26N2O/c1-12-4-3-9-19(11-12)16-8-6-13-5-7-14(20-2)10-15(13)17(16)18/h5,7,10,12,16-17H,3-4,6,8-9,11,18H2,1-2H3. The average molecular weight is 274 g/mol. The largest absolute Gasteiger partial charge is 0.497 e. The Balaban J connectivity index is 1.82. The van der Waals surface area contributed by atoms with Crippen molar-refractivity contribution in [1.29, 1.82) is 0 Å². The van der Waals surface area contributed by atoms with Gasteiger partial charge in [-0.15, -0.1) is 0 Å². The lowest BCUT2D eigenvalue weighted by atomic mass is 9.82. The number of likely N-dealkylation sites (tertiary alicyclic amines) is 1. The summed E-state index contributed by atoms with van der Waals surface area (Å²) >= 11 is 0. The number of rotatable bonds is 2. The molecule has 1 aliphatic heterocycles. The molecule has 20 heavy (non-hydrogen) atoms. The molecule has 2 aliphatic rings. The Bertz CT molecular complexity index is 474. The summed E-state index contributed by atoms with van der Waals surface area (Å²) in [5, 5.41) is 0. The van der Waals surface area contributed by atoms with Crippen molar-refractivity contribution in [2.45, 2.75) is 44.7 Å². The van der Waals surface area contributed by atoms with Crippen LogP contribution in [0.25, 0.3) is 0 Å². The quantitative estimate of drug-likeness (QED) is 0.901. The molecule has 1 fully saturated rings. The Morgan fingerprint density at radius 2 is 2.15 bits per heavy atom. The predicted octanol–water partition coefficient (Wildman–Crippen LogP) is 2.74. The molecule has 0 amide bonds. The maximum atomic E-state index is 6.59. The fourth-order valence-corrected chi connectivity index (χ4v) is 3.86. The monoisotopic (exact) mass is 274 g/mol. The molecule has 0 bridgehead atoms. The van der Waals surface area contributed by atoms with E-state index < -0.39 is 0 Å². The summed E-state index contributed by atoms with van der Waals surface area (Å²) in [6, 6.07) is 6.99. The van der Waals surface area contributed by atoms with E-state index in [2.05, 4.69) is 30.0 Å². The van der Waals surface area contributed by atoms with E-state index in [1.54, 1.807) is 7.11 Å². The molecule has 3 nitrogen and oxygen atoms in total. The molecule has 1 saturated heterocycles. The minimum absolute atomic E-state index is 0.124. The summed E-state index contributed by atoms with van der Waals surface area (Å²) < 4.78 is 5.36. The summed E-state index contributed by atoms with van der Waals surface area (Å²) in [4.78, 5) is 2.63. The molecule has 1 heterocycles. The topological polar surface area (TPSA) is 38.5 Å². The maximum absolute atomic E-state index is 6.59. The van der Waals surface area contributed by atoms with Crippen LogP contribution in [-0.2, 0) is 6.42 Å². The van der Waals surface area contributed by atoms with Crippen molar-refractivity contribution >= 4 is 0 Å². The van der Waals surface area contributed by atoms with Crippen LogP contribution in [0.2, 0.25) is 0 Å². The molecule has 0 aromatic heterocycles. The predicted molar refractivity (Wildman–Crippen MR) is 82.0 cm³/mol. The number of hydrogen-bond acceptors (Lipinski definition) is 3. The molecule has 3 atom stereocenters. The first-order valence-corrected chi connectivity index (χ1v) is 7.85. The van der Waals surface area contributed by atoms with E-state index in [0.717, 1.165) is 18.1 Å². The third-order valence-corrected chi connectivity index (χ3v) is 4.99. The van der Waals surface area contributed by atoms with E-state index in [9.17, 15) is 0 Å². The number of nitrogens with zero attached hydrogens (tertiary/aromatic N) is 1. The van der Waals surface area contributed by atoms with Crippen LogP contribution in [0.5, 0.6) is 5.75 Å². The van der Waals surface area contributed by atoms with Gasteiger partial charge in [-0.25, -0.2) is 0 Å². The number of ether oxygens (including phenoxy) is 1. The first kappa shape index (κ1) is 13.9. The fourth-order valence-electron chi connectivity index (χ4n) is 3.86. The van der Waals surface area contributed by atoms with E-state index in [1.165, 1.54) is 43.5 Å². The van der Waals surface area contributed by atoms with Crippen LogP contribution >= 0.6 is 0 Å². The number of fused-ring (bicyclic) bond motifs is 1. The Kier molecular flexibility index (Phi) is 3.99. The SMILES string of the molecule is COc1ccc2c(c1)C(N)C(N1CCCC(C)C1)CC2. The van der Waals surface area contributed by atoms with Crippen LogP contribution in [0, 0.1) is 5.92 Å². The number of benzene rings is 1. The normalized spacial score (nSPS) is 30.9. The van der Waals surface area contributed by atoms with Gasteiger partial charge >= 0.3 is 0 Å². The Labute approximate surface area is 122 Å². The molecule has 3 rings (SSSR count). The van der Waals surface area contributed by atoms with Gasteiger partial charge in [0.1, 0.15) is 5.75 Å². The first-order valence-electron chi connectivity index (χ1n) is 7.85. The third kappa shape index (κ3) is 2.57. The van der Waals surface area contributed by atoms with Crippen molar-refractivity contribution < 1.29 is 4.74 Å². The molecule has 110 valence electrons. The highest BCUT2D eigenvalue weighted by molar-refractivity contribution is 5.40. The zero-order valence-corrected chi connectivity index (χ0v) is 12.6. The second-order valence-corrected chi connectivity index (χ2v) is 6.44. The van der Waals surface area contributed by atoms with Crippen LogP contribution < -0.4 is 10.5 Å². The second-order valence-electron chi connectivity index (χ2n) is 6.44. The summed E-state index contributed by atoms with van der Waals surface area (Å²) in [6.07, 6.45) is 5.01. The van der Waals surface area contributed by atoms with E-state index in [0.29, 0.717) is 6.04 Å². The minimum atomic E-state index is 0.124. The summed E-state index contributed by atoms with van der Waals surface area (Å²) in [7, 11) is 1.72. The second kappa shape index (κ2) is 5.74. The van der Waals surface area contributed by atoms with Gasteiger partial charge in [0.25, 0.3) is 0 Å². The molecule has 3 unspecified atom stereocenters. The highest BCUT2D eigenvalue weighted by Gasteiger charge is 2.33. The smallest absolute Gasteiger partial charge is 0.119 e. The lowest BCUT2D eigenvalue weighted by Gasteiger charge is -2.42. The highest BCUT2D eigenvalue weighted by Crippen LogP contribution is 2.35. The third-order valence-electron chi connectivity index (χ3n) is 4.99. The number of aryl methyl sites for hydroxylation is 1. The number of piperidine rings is 1. The van der Waals surface area contributed by atoms with Crippen molar-refractivity contribution in [2.24, 2.45) is 11.7 Å². The van der Waals surface area contributed by atoms with Crippen molar-refractivity contribution in [2.75, 3.05) is 20.2 Å². The summed E-state index contributed by atoms with van der Waals surface area (Å²) in [5.74, 6) is 1.73. The van der Waals surface area contributed by atoms with Crippen molar-refractivity contribution in [1.82, 2.24) is 4.90 Å². The van der Waals surface area contributed by atoms with Crippen LogP contribution in [-0.4, -0.2) is 31.1 Å². The van der Waals surface area contributed by atoms with Crippen molar-refractivity contribution in [3.63, 3.8) is 0 Å². The molecular formula is C17H26N2O. The van der Waals surface area contributed by atoms with Gasteiger partial charge in [-0.2, -0.15) is 0 Å². The summed E-state index contributed by atoms with van der Waals surface area (Å²) in [5.41, 5.74) is 9.29. The number of hydrogen-bond donors (Lipinski definition) is 1. The van der Waals surface area contributed by atoms with Gasteiger partial charge in [-0.1, -0.05) is 13.0 Å². The first-order chi connectivity index (χ1) is 9.69. The van der Waals surface area contributed by atoms with Gasteiger partial charge < -0.3 is 10.5 Å². The van der Waals surface area contributed by atoms with E-state index in [-0.39, 0.29) is 6.04 Å². The van der Waals surface area contributed by atoms with Crippen LogP contribution in [0.4, 0.5) is 0 Å². The number of nitrogens with two attached hydrogens (primary N) is 1. The fraction of sp³-hybridized carbons (Fsp3) is 0.647. The summed E-state index contributed by atoms with van der Waals surface area (Å²) in [6.45, 7) is 4.77. The Morgan fingerprint density at radius 1 is 1.30 bits per heavy atom. The van der Waals surface area contributed by atoms with Crippen molar-refractivity contribution in [3.8, 4) is 5.75 Å². The highest BCUT2D eigenvalue weighted by atomic mass is 16.5. The molecule has 0 saturated carbocycles. The molecule has 0 spiro atoms. The van der Waals surface area contributed by atoms with Gasteiger partial charge in [0, 0.05) is 18.6 Å². The van der Waals surface area contributed by atoms with Crippen LogP contribution in [0.3, 0.4) is 0 Å². The van der Waals surface area contributed by atoms with Gasteiger partial charge in [-0.3, -0.25) is 4.90 Å². The zero-order chi connectivity index (χ0) is 14.1. The van der Waals surface area contributed by atoms with E-state index >= 15 is 0 Å². The maximum Gasteiger partial charge on any atom is 0.119 e. The molecule has 3 heteroatoms.